The molecule has 0 aromatic carbocycles. The molecule has 2 aliphatic rings. The van der Waals surface area contributed by atoms with Crippen molar-refractivity contribution < 1.29 is 4.74 Å². The molecule has 19 heavy (non-hydrogen) atoms. The minimum Gasteiger partial charge on any atom is -0.381 e. The standard InChI is InChI=1S/C13H21N5O/c1-3-19-4-2-10(1)6-15-12-5-13(17-9-16-12)18-11-7-14-8-11/h5,9-11,14H,1-4,6-8H2,(H2,15,16,17,18). The van der Waals surface area contributed by atoms with Crippen molar-refractivity contribution in [1.82, 2.24) is 15.3 Å². The Kier molecular flexibility index (Phi) is 4.10. The van der Waals surface area contributed by atoms with Crippen molar-refractivity contribution in [2.24, 2.45) is 5.92 Å². The third-order valence-corrected chi connectivity index (χ3v) is 3.71. The Morgan fingerprint density at radius 2 is 2.00 bits per heavy atom. The SMILES string of the molecule is c1nc(NCC2CCOCC2)cc(NC2CNC2)n1. The van der Waals surface area contributed by atoms with Gasteiger partial charge in [-0.3, -0.25) is 0 Å². The Morgan fingerprint density at radius 1 is 1.21 bits per heavy atom. The molecule has 2 fully saturated rings. The summed E-state index contributed by atoms with van der Waals surface area (Å²) in [7, 11) is 0. The molecule has 0 spiro atoms. The van der Waals surface area contributed by atoms with Crippen LogP contribution in [0.3, 0.4) is 0 Å². The summed E-state index contributed by atoms with van der Waals surface area (Å²) >= 11 is 0. The van der Waals surface area contributed by atoms with Crippen molar-refractivity contribution in [2.75, 3.05) is 43.5 Å². The van der Waals surface area contributed by atoms with E-state index in [1.807, 2.05) is 6.07 Å². The maximum Gasteiger partial charge on any atom is 0.131 e. The minimum atomic E-state index is 0.498. The number of rotatable bonds is 5. The van der Waals surface area contributed by atoms with E-state index in [0.29, 0.717) is 12.0 Å². The number of anilines is 2. The summed E-state index contributed by atoms with van der Waals surface area (Å²) in [5.74, 6) is 2.49. The average molecular weight is 263 g/mol. The first-order valence-corrected chi connectivity index (χ1v) is 7.01. The van der Waals surface area contributed by atoms with Gasteiger partial charge in [-0.1, -0.05) is 0 Å². The summed E-state index contributed by atoms with van der Waals surface area (Å²) in [6.45, 7) is 4.75. The Labute approximate surface area is 113 Å². The van der Waals surface area contributed by atoms with E-state index in [-0.39, 0.29) is 0 Å². The molecule has 0 radical (unpaired) electrons. The maximum atomic E-state index is 5.36. The van der Waals surface area contributed by atoms with Gasteiger partial charge in [0.15, 0.2) is 0 Å². The smallest absolute Gasteiger partial charge is 0.131 e. The Bertz CT molecular complexity index is 404. The molecule has 3 rings (SSSR count). The van der Waals surface area contributed by atoms with Crippen molar-refractivity contribution >= 4 is 11.6 Å². The van der Waals surface area contributed by atoms with E-state index in [9.17, 15) is 0 Å². The quantitative estimate of drug-likeness (QED) is 0.726. The first kappa shape index (κ1) is 12.6. The summed E-state index contributed by atoms with van der Waals surface area (Å²) in [5, 5.41) is 10.0. The second-order valence-corrected chi connectivity index (χ2v) is 5.22. The molecule has 104 valence electrons. The first-order chi connectivity index (χ1) is 9.40. The molecule has 6 heteroatoms. The van der Waals surface area contributed by atoms with Crippen LogP contribution in [0, 0.1) is 5.92 Å². The number of hydrogen-bond donors (Lipinski definition) is 3. The fourth-order valence-corrected chi connectivity index (χ4v) is 2.33. The zero-order chi connectivity index (χ0) is 12.9. The molecule has 0 saturated carbocycles. The van der Waals surface area contributed by atoms with Gasteiger partial charge in [0.2, 0.25) is 0 Å². The van der Waals surface area contributed by atoms with Crippen LogP contribution >= 0.6 is 0 Å². The van der Waals surface area contributed by atoms with Crippen LogP contribution in [-0.2, 0) is 4.74 Å². The lowest BCUT2D eigenvalue weighted by Gasteiger charge is -2.28. The van der Waals surface area contributed by atoms with E-state index in [0.717, 1.165) is 57.3 Å². The average Bonchev–Trinajstić information content (AvgIpc) is 2.42. The predicted octanol–water partition coefficient (Wildman–Crippen LogP) is 0.699. The van der Waals surface area contributed by atoms with E-state index >= 15 is 0 Å². The number of hydrogen-bond acceptors (Lipinski definition) is 6. The van der Waals surface area contributed by atoms with Crippen molar-refractivity contribution in [3.05, 3.63) is 12.4 Å². The van der Waals surface area contributed by atoms with Crippen LogP contribution in [0.15, 0.2) is 12.4 Å². The largest absolute Gasteiger partial charge is 0.381 e. The first-order valence-electron chi connectivity index (χ1n) is 7.01. The highest BCUT2D eigenvalue weighted by atomic mass is 16.5. The van der Waals surface area contributed by atoms with Gasteiger partial charge < -0.3 is 20.7 Å². The molecule has 2 saturated heterocycles. The zero-order valence-electron chi connectivity index (χ0n) is 11.1. The van der Waals surface area contributed by atoms with Gasteiger partial charge in [-0.05, 0) is 18.8 Å². The number of aromatic nitrogens is 2. The molecule has 1 aromatic heterocycles. The van der Waals surface area contributed by atoms with E-state index in [1.165, 1.54) is 0 Å². The third kappa shape index (κ3) is 3.54. The summed E-state index contributed by atoms with van der Waals surface area (Å²) in [6.07, 6.45) is 3.88. The Morgan fingerprint density at radius 3 is 2.74 bits per heavy atom. The van der Waals surface area contributed by atoms with Crippen LogP contribution < -0.4 is 16.0 Å². The molecule has 0 unspecified atom stereocenters. The van der Waals surface area contributed by atoms with Crippen LogP contribution in [0.5, 0.6) is 0 Å². The van der Waals surface area contributed by atoms with Crippen LogP contribution in [0.2, 0.25) is 0 Å². The normalized spacial score (nSPS) is 20.8. The van der Waals surface area contributed by atoms with Gasteiger partial charge in [-0.15, -0.1) is 0 Å². The molecular weight excluding hydrogens is 242 g/mol. The minimum absolute atomic E-state index is 0.498. The summed E-state index contributed by atoms with van der Waals surface area (Å²) in [6, 6.07) is 2.48. The molecule has 0 atom stereocenters. The van der Waals surface area contributed by atoms with Gasteiger partial charge in [0.25, 0.3) is 0 Å². The Balaban J connectivity index is 1.50. The van der Waals surface area contributed by atoms with Crippen molar-refractivity contribution in [3.63, 3.8) is 0 Å². The molecule has 2 aliphatic heterocycles. The highest BCUT2D eigenvalue weighted by molar-refractivity contribution is 5.47. The van der Waals surface area contributed by atoms with Crippen LogP contribution in [0.25, 0.3) is 0 Å². The van der Waals surface area contributed by atoms with Gasteiger partial charge >= 0.3 is 0 Å². The lowest BCUT2D eigenvalue weighted by Crippen LogP contribution is -2.51. The summed E-state index contributed by atoms with van der Waals surface area (Å²) in [5.41, 5.74) is 0. The zero-order valence-corrected chi connectivity index (χ0v) is 11.1. The molecular formula is C13H21N5O. The molecule has 3 N–H and O–H groups in total. The van der Waals surface area contributed by atoms with Gasteiger partial charge in [0, 0.05) is 38.9 Å². The van der Waals surface area contributed by atoms with E-state index < -0.39 is 0 Å². The fraction of sp³-hybridized carbons (Fsp3) is 0.692. The lowest BCUT2D eigenvalue weighted by atomic mass is 10.0. The summed E-state index contributed by atoms with van der Waals surface area (Å²) in [4.78, 5) is 8.51. The van der Waals surface area contributed by atoms with Gasteiger partial charge in [-0.2, -0.15) is 0 Å². The highest BCUT2D eigenvalue weighted by Crippen LogP contribution is 2.16. The lowest BCUT2D eigenvalue weighted by molar-refractivity contribution is 0.0699. The predicted molar refractivity (Wildman–Crippen MR) is 74.3 cm³/mol. The number of nitrogens with one attached hydrogen (secondary N) is 3. The topological polar surface area (TPSA) is 71.1 Å². The molecule has 0 aliphatic carbocycles. The van der Waals surface area contributed by atoms with Crippen LogP contribution in [-0.4, -0.2) is 48.9 Å². The van der Waals surface area contributed by atoms with Gasteiger partial charge in [0.05, 0.1) is 6.04 Å². The van der Waals surface area contributed by atoms with E-state index in [2.05, 4.69) is 25.9 Å². The fourth-order valence-electron chi connectivity index (χ4n) is 2.33. The monoisotopic (exact) mass is 263 g/mol. The summed E-state index contributed by atoms with van der Waals surface area (Å²) < 4.78 is 5.36. The molecule has 1 aromatic rings. The van der Waals surface area contributed by atoms with Crippen LogP contribution in [0.1, 0.15) is 12.8 Å². The van der Waals surface area contributed by atoms with Crippen molar-refractivity contribution in [2.45, 2.75) is 18.9 Å². The maximum absolute atomic E-state index is 5.36. The molecule has 3 heterocycles. The van der Waals surface area contributed by atoms with E-state index in [1.54, 1.807) is 6.33 Å². The second kappa shape index (κ2) is 6.16. The van der Waals surface area contributed by atoms with Gasteiger partial charge in [0.1, 0.15) is 18.0 Å². The molecule has 0 bridgehead atoms. The third-order valence-electron chi connectivity index (χ3n) is 3.71. The number of nitrogens with zero attached hydrogens (tertiary/aromatic N) is 2. The van der Waals surface area contributed by atoms with Crippen LogP contribution in [0.4, 0.5) is 11.6 Å². The van der Waals surface area contributed by atoms with Crippen molar-refractivity contribution in [3.8, 4) is 0 Å². The van der Waals surface area contributed by atoms with Crippen molar-refractivity contribution in [1.29, 1.82) is 0 Å². The second-order valence-electron chi connectivity index (χ2n) is 5.22. The van der Waals surface area contributed by atoms with E-state index in [4.69, 9.17) is 4.74 Å². The number of ether oxygens (including phenoxy) is 1. The highest BCUT2D eigenvalue weighted by Gasteiger charge is 2.17. The van der Waals surface area contributed by atoms with Gasteiger partial charge in [-0.25, -0.2) is 9.97 Å². The Hall–Kier alpha value is -1.40. The molecule has 6 nitrogen and oxygen atoms in total. The molecule has 0 amide bonds.